The van der Waals surface area contributed by atoms with Crippen LogP contribution in [0.3, 0.4) is 0 Å². The maximum absolute atomic E-state index is 4.65. The van der Waals surface area contributed by atoms with E-state index in [1.165, 1.54) is 16.9 Å². The van der Waals surface area contributed by atoms with Crippen molar-refractivity contribution in [1.29, 1.82) is 0 Å². The van der Waals surface area contributed by atoms with Crippen molar-refractivity contribution in [3.05, 3.63) is 33.1 Å². The fraction of sp³-hybridized carbons (Fsp3) is 0.562. The van der Waals surface area contributed by atoms with Crippen molar-refractivity contribution in [2.45, 2.75) is 39.8 Å². The van der Waals surface area contributed by atoms with E-state index in [-0.39, 0.29) is 0 Å². The minimum Gasteiger partial charge on any atom is -0.349 e. The Hall–Kier alpha value is -1.33. The van der Waals surface area contributed by atoms with E-state index in [9.17, 15) is 0 Å². The average Bonchev–Trinajstić information content (AvgIpc) is 3.03. The number of nitrogens with one attached hydrogen (secondary N) is 1. The molecule has 0 radical (unpaired) electrons. The van der Waals surface area contributed by atoms with Crippen LogP contribution in [0.5, 0.6) is 0 Å². The van der Waals surface area contributed by atoms with E-state index in [1.54, 1.807) is 4.88 Å². The van der Waals surface area contributed by atoms with Gasteiger partial charge in [-0.3, -0.25) is 4.68 Å². The third-order valence-corrected chi connectivity index (χ3v) is 5.41. The summed E-state index contributed by atoms with van der Waals surface area (Å²) in [6.45, 7) is 9.52. The van der Waals surface area contributed by atoms with Crippen LogP contribution in [0.2, 0.25) is 0 Å². The summed E-state index contributed by atoms with van der Waals surface area (Å²) in [7, 11) is 2.06. The Balaban J connectivity index is 1.97. The van der Waals surface area contributed by atoms with Gasteiger partial charge in [-0.25, -0.2) is 0 Å². The molecule has 2 aromatic heterocycles. The number of nitrogens with zero attached hydrogens (tertiary/aromatic N) is 3. The molecule has 0 saturated carbocycles. The van der Waals surface area contributed by atoms with Gasteiger partial charge in [0.25, 0.3) is 0 Å². The highest BCUT2D eigenvalue weighted by Crippen LogP contribution is 2.37. The van der Waals surface area contributed by atoms with E-state index in [2.05, 4.69) is 59.3 Å². The van der Waals surface area contributed by atoms with Crippen LogP contribution in [0.15, 0.2) is 11.4 Å². The van der Waals surface area contributed by atoms with Crippen molar-refractivity contribution in [3.8, 4) is 0 Å². The summed E-state index contributed by atoms with van der Waals surface area (Å²) in [4.78, 5) is 4.06. The fourth-order valence-electron chi connectivity index (χ4n) is 3.30. The number of fused-ring (bicyclic) bond motifs is 1. The van der Waals surface area contributed by atoms with Gasteiger partial charge < -0.3 is 10.2 Å². The van der Waals surface area contributed by atoms with Gasteiger partial charge in [-0.05, 0) is 43.8 Å². The molecule has 0 amide bonds. The first-order chi connectivity index (χ1) is 10.1. The van der Waals surface area contributed by atoms with Crippen LogP contribution in [-0.4, -0.2) is 22.9 Å². The van der Waals surface area contributed by atoms with Crippen molar-refractivity contribution in [1.82, 2.24) is 15.1 Å². The number of aryl methyl sites for hydroxylation is 2. The number of rotatable bonds is 4. The highest BCUT2D eigenvalue weighted by molar-refractivity contribution is 7.10. The van der Waals surface area contributed by atoms with Crippen LogP contribution in [-0.2, 0) is 20.0 Å². The zero-order chi connectivity index (χ0) is 15.0. The van der Waals surface area contributed by atoms with Gasteiger partial charge in [0.2, 0.25) is 0 Å². The molecule has 1 N–H and O–H groups in total. The van der Waals surface area contributed by atoms with Gasteiger partial charge in [0.15, 0.2) is 0 Å². The summed E-state index contributed by atoms with van der Waals surface area (Å²) in [6.07, 6.45) is 1.14. The van der Waals surface area contributed by atoms with Crippen LogP contribution in [0, 0.1) is 6.92 Å². The maximum atomic E-state index is 4.65. The lowest BCUT2D eigenvalue weighted by Crippen LogP contribution is -2.35. The first kappa shape index (κ1) is 14.6. The van der Waals surface area contributed by atoms with E-state index >= 15 is 0 Å². The minimum atomic E-state index is 0.426. The summed E-state index contributed by atoms with van der Waals surface area (Å²) < 4.78 is 2.05. The molecule has 0 saturated heterocycles. The first-order valence-corrected chi connectivity index (χ1v) is 8.57. The fourth-order valence-corrected chi connectivity index (χ4v) is 4.27. The van der Waals surface area contributed by atoms with Crippen LogP contribution >= 0.6 is 11.3 Å². The molecule has 0 fully saturated rings. The molecule has 1 aliphatic heterocycles. The minimum absolute atomic E-state index is 0.426. The summed E-state index contributed by atoms with van der Waals surface area (Å²) >= 11 is 1.89. The molecule has 2 aromatic rings. The highest BCUT2D eigenvalue weighted by atomic mass is 32.1. The summed E-state index contributed by atoms with van der Waals surface area (Å²) in [5.41, 5.74) is 3.96. The normalized spacial score (nSPS) is 18.1. The standard InChI is InChI=1S/C16H24N4S/c1-5-17-10-14-11(2)18-19(4)16(14)20-8-6-15-13(12(20)3)7-9-21-15/h7,9,12,17H,5-6,8,10H2,1-4H3. The second-order valence-electron chi connectivity index (χ2n) is 5.71. The lowest BCUT2D eigenvalue weighted by molar-refractivity contribution is 0.594. The van der Waals surface area contributed by atoms with Crippen LogP contribution < -0.4 is 10.2 Å². The summed E-state index contributed by atoms with van der Waals surface area (Å²) in [6, 6.07) is 2.71. The molecule has 0 aromatic carbocycles. The van der Waals surface area contributed by atoms with Gasteiger partial charge in [-0.15, -0.1) is 11.3 Å². The van der Waals surface area contributed by atoms with Crippen molar-refractivity contribution in [2.75, 3.05) is 18.0 Å². The van der Waals surface area contributed by atoms with Crippen molar-refractivity contribution in [2.24, 2.45) is 7.05 Å². The Morgan fingerprint density at radius 2 is 2.29 bits per heavy atom. The third-order valence-electron chi connectivity index (χ3n) is 4.41. The molecule has 0 spiro atoms. The van der Waals surface area contributed by atoms with Crippen LogP contribution in [0.4, 0.5) is 5.82 Å². The Kier molecular flexibility index (Phi) is 4.04. The molecule has 21 heavy (non-hydrogen) atoms. The molecule has 1 unspecified atom stereocenters. The van der Waals surface area contributed by atoms with Gasteiger partial charge in [0, 0.05) is 30.6 Å². The largest absolute Gasteiger partial charge is 0.349 e. The molecule has 0 aliphatic carbocycles. The molecule has 4 nitrogen and oxygen atoms in total. The van der Waals surface area contributed by atoms with E-state index in [4.69, 9.17) is 0 Å². The number of anilines is 1. The zero-order valence-electron chi connectivity index (χ0n) is 13.3. The van der Waals surface area contributed by atoms with E-state index in [1.807, 2.05) is 11.3 Å². The molecule has 114 valence electrons. The predicted octanol–water partition coefficient (Wildman–Crippen LogP) is 3.02. The van der Waals surface area contributed by atoms with Crippen molar-refractivity contribution >= 4 is 17.2 Å². The second-order valence-corrected chi connectivity index (χ2v) is 6.71. The Labute approximate surface area is 130 Å². The number of aromatic nitrogens is 2. The highest BCUT2D eigenvalue weighted by Gasteiger charge is 2.29. The molecule has 3 heterocycles. The molecule has 0 bridgehead atoms. The zero-order valence-corrected chi connectivity index (χ0v) is 14.1. The molecule has 3 rings (SSSR count). The van der Waals surface area contributed by atoms with Crippen molar-refractivity contribution in [3.63, 3.8) is 0 Å². The lowest BCUT2D eigenvalue weighted by Gasteiger charge is -2.36. The third kappa shape index (κ3) is 2.49. The number of hydrogen-bond donors (Lipinski definition) is 1. The Bertz CT molecular complexity index is 628. The smallest absolute Gasteiger partial charge is 0.131 e. The van der Waals surface area contributed by atoms with Crippen LogP contribution in [0.1, 0.15) is 41.6 Å². The molecular weight excluding hydrogens is 280 g/mol. The molecule has 1 aliphatic rings. The van der Waals surface area contributed by atoms with Crippen molar-refractivity contribution < 1.29 is 0 Å². The van der Waals surface area contributed by atoms with Crippen LogP contribution in [0.25, 0.3) is 0 Å². The van der Waals surface area contributed by atoms with Gasteiger partial charge in [-0.1, -0.05) is 6.92 Å². The van der Waals surface area contributed by atoms with E-state index < -0.39 is 0 Å². The van der Waals surface area contributed by atoms with Gasteiger partial charge >= 0.3 is 0 Å². The number of thiophene rings is 1. The van der Waals surface area contributed by atoms with Gasteiger partial charge in [-0.2, -0.15) is 5.10 Å². The topological polar surface area (TPSA) is 33.1 Å². The maximum Gasteiger partial charge on any atom is 0.131 e. The summed E-state index contributed by atoms with van der Waals surface area (Å²) in [5, 5.41) is 10.3. The monoisotopic (exact) mass is 304 g/mol. The quantitative estimate of drug-likeness (QED) is 0.942. The molecule has 1 atom stereocenters. The predicted molar refractivity (Wildman–Crippen MR) is 89.1 cm³/mol. The van der Waals surface area contributed by atoms with Gasteiger partial charge in [0.1, 0.15) is 5.82 Å². The average molecular weight is 304 g/mol. The number of hydrogen-bond acceptors (Lipinski definition) is 4. The SMILES string of the molecule is CCNCc1c(C)nn(C)c1N1CCc2sccc2C1C. The Morgan fingerprint density at radius 3 is 3.05 bits per heavy atom. The van der Waals surface area contributed by atoms with E-state index in [0.29, 0.717) is 6.04 Å². The van der Waals surface area contributed by atoms with Gasteiger partial charge in [0.05, 0.1) is 11.7 Å². The lowest BCUT2D eigenvalue weighted by atomic mass is 10.0. The first-order valence-electron chi connectivity index (χ1n) is 7.69. The second kappa shape index (κ2) is 5.81. The molecule has 5 heteroatoms. The summed E-state index contributed by atoms with van der Waals surface area (Å²) in [5.74, 6) is 1.28. The molecular formula is C16H24N4S. The van der Waals surface area contributed by atoms with E-state index in [0.717, 1.165) is 31.7 Å². The Morgan fingerprint density at radius 1 is 1.48 bits per heavy atom.